The molecule has 0 saturated carbocycles. The maximum Gasteiger partial charge on any atom is 0.152 e. The number of hydrogen-bond donors (Lipinski definition) is 0. The Balaban J connectivity index is 1.68. The average molecular weight is 426 g/mol. The van der Waals surface area contributed by atoms with Crippen molar-refractivity contribution in [3.8, 4) is 0 Å². The zero-order valence-electron chi connectivity index (χ0n) is 15.2. The van der Waals surface area contributed by atoms with Crippen molar-refractivity contribution in [3.63, 3.8) is 0 Å². The normalized spacial score (nSPS) is 14.7. The number of hydrogen-bond acceptors (Lipinski definition) is 3. The first-order valence-corrected chi connectivity index (χ1v) is 11.6. The van der Waals surface area contributed by atoms with Crippen LogP contribution in [0, 0.1) is 0 Å². The Morgan fingerprint density at radius 2 is 1.84 bits per heavy atom. The Kier molecular flexibility index (Phi) is 7.88. The molecule has 1 heterocycles. The molecule has 0 aromatic heterocycles. The topological polar surface area (TPSA) is 46.5 Å². The molecule has 0 spiro atoms. The van der Waals surface area contributed by atoms with Crippen LogP contribution in [0.2, 0.25) is 0 Å². The molecule has 2 rings (SSSR count). The Labute approximate surface area is 160 Å². The maximum absolute atomic E-state index is 11.8. The molecule has 1 aromatic rings. The van der Waals surface area contributed by atoms with E-state index in [9.17, 15) is 8.42 Å². The number of nitrogens with zero attached hydrogens (tertiary/aromatic N) is 1. The molecule has 0 bridgehead atoms. The fraction of sp³-hybridized carbons (Fsp3) is 0.550. The summed E-state index contributed by atoms with van der Waals surface area (Å²) in [5.74, 6) is 0.331. The van der Waals surface area contributed by atoms with E-state index in [2.05, 4.69) is 51.3 Å². The van der Waals surface area contributed by atoms with Gasteiger partial charge < -0.3 is 0 Å². The van der Waals surface area contributed by atoms with E-state index in [-0.39, 0.29) is 5.25 Å². The van der Waals surface area contributed by atoms with E-state index >= 15 is 0 Å². The van der Waals surface area contributed by atoms with Gasteiger partial charge in [0, 0.05) is 10.0 Å². The molecule has 25 heavy (non-hydrogen) atoms. The fourth-order valence-corrected chi connectivity index (χ4v) is 4.47. The van der Waals surface area contributed by atoms with Crippen LogP contribution in [-0.4, -0.2) is 31.7 Å². The van der Waals surface area contributed by atoms with E-state index in [0.717, 1.165) is 55.3 Å². The molecular formula is C20H28BrNO2S. The van der Waals surface area contributed by atoms with Gasteiger partial charge in [-0.3, -0.25) is 4.99 Å². The van der Waals surface area contributed by atoms with Crippen molar-refractivity contribution in [2.45, 2.75) is 57.6 Å². The molecule has 0 radical (unpaired) electrons. The second-order valence-electron chi connectivity index (χ2n) is 6.88. The summed E-state index contributed by atoms with van der Waals surface area (Å²) in [6.45, 7) is 4.27. The maximum atomic E-state index is 11.8. The van der Waals surface area contributed by atoms with Crippen molar-refractivity contribution in [1.29, 1.82) is 0 Å². The predicted octanol–water partition coefficient (Wildman–Crippen LogP) is 5.08. The summed E-state index contributed by atoms with van der Waals surface area (Å²) in [6.07, 6.45) is 8.33. The molecule has 0 atom stereocenters. The van der Waals surface area contributed by atoms with Gasteiger partial charge in [-0.15, -0.1) is 0 Å². The lowest BCUT2D eigenvalue weighted by Gasteiger charge is -2.08. The van der Waals surface area contributed by atoms with E-state index in [4.69, 9.17) is 0 Å². The predicted molar refractivity (Wildman–Crippen MR) is 111 cm³/mol. The third-order valence-electron chi connectivity index (χ3n) is 4.56. The Bertz CT molecular complexity index is 736. The minimum absolute atomic E-state index is 0.251. The highest BCUT2D eigenvalue weighted by molar-refractivity contribution is 9.12. The molecule has 0 unspecified atom stereocenters. The molecule has 5 heteroatoms. The first-order chi connectivity index (χ1) is 11.9. The summed E-state index contributed by atoms with van der Waals surface area (Å²) in [6, 6.07) is 8.61. The minimum atomic E-state index is -2.87. The average Bonchev–Trinajstić information content (AvgIpc) is 3.00. The number of aryl methyl sites for hydroxylation is 1. The third-order valence-corrected chi connectivity index (χ3v) is 7.55. The van der Waals surface area contributed by atoms with Gasteiger partial charge in [-0.05, 0) is 66.7 Å². The van der Waals surface area contributed by atoms with E-state index in [1.54, 1.807) is 13.8 Å². The zero-order valence-corrected chi connectivity index (χ0v) is 17.6. The minimum Gasteiger partial charge on any atom is -0.279 e. The fourth-order valence-electron chi connectivity index (χ4n) is 2.89. The Hall–Kier alpha value is -0.940. The van der Waals surface area contributed by atoms with Gasteiger partial charge in [0.2, 0.25) is 0 Å². The number of aliphatic imine (C=N–C) groups is 1. The van der Waals surface area contributed by atoms with Gasteiger partial charge in [-0.25, -0.2) is 8.42 Å². The molecule has 0 aliphatic carbocycles. The summed E-state index contributed by atoms with van der Waals surface area (Å²) in [5, 5.41) is -0.251. The van der Waals surface area contributed by atoms with Crippen molar-refractivity contribution < 1.29 is 8.42 Å². The molecule has 0 fully saturated rings. The van der Waals surface area contributed by atoms with Gasteiger partial charge in [0.15, 0.2) is 9.84 Å². The SMILES string of the molecule is CC(C)S(=O)(=O)CCCCCCCc1cccc(C2=NCC=C2Br)c1. The van der Waals surface area contributed by atoms with Crippen molar-refractivity contribution in [2.24, 2.45) is 4.99 Å². The first-order valence-electron chi connectivity index (χ1n) is 9.11. The number of rotatable bonds is 10. The molecule has 1 aromatic carbocycles. The summed E-state index contributed by atoms with van der Waals surface area (Å²) >= 11 is 3.56. The van der Waals surface area contributed by atoms with E-state index < -0.39 is 9.84 Å². The van der Waals surface area contributed by atoms with Gasteiger partial charge in [0.25, 0.3) is 0 Å². The number of halogens is 1. The lowest BCUT2D eigenvalue weighted by Crippen LogP contribution is -2.17. The summed E-state index contributed by atoms with van der Waals surface area (Å²) < 4.78 is 24.6. The molecule has 0 amide bonds. The van der Waals surface area contributed by atoms with Crippen LogP contribution in [-0.2, 0) is 16.3 Å². The van der Waals surface area contributed by atoms with Crippen molar-refractivity contribution in [3.05, 3.63) is 46.0 Å². The highest BCUT2D eigenvalue weighted by atomic mass is 79.9. The van der Waals surface area contributed by atoms with Gasteiger partial charge in [0.05, 0.1) is 23.3 Å². The van der Waals surface area contributed by atoms with E-state index in [0.29, 0.717) is 5.75 Å². The second kappa shape index (κ2) is 9.67. The van der Waals surface area contributed by atoms with Crippen LogP contribution < -0.4 is 0 Å². The van der Waals surface area contributed by atoms with Crippen molar-refractivity contribution >= 4 is 31.5 Å². The van der Waals surface area contributed by atoms with E-state index in [1.165, 1.54) is 11.1 Å². The number of allylic oxidation sites excluding steroid dienone is 1. The summed E-state index contributed by atoms with van der Waals surface area (Å²) in [4.78, 5) is 4.52. The molecule has 0 N–H and O–H groups in total. The first kappa shape index (κ1) is 20.4. The highest BCUT2D eigenvalue weighted by Crippen LogP contribution is 2.21. The van der Waals surface area contributed by atoms with Gasteiger partial charge in [-0.1, -0.05) is 37.5 Å². The number of sulfone groups is 1. The zero-order chi connectivity index (χ0) is 18.3. The van der Waals surface area contributed by atoms with E-state index in [1.807, 2.05) is 0 Å². The van der Waals surface area contributed by atoms with Crippen LogP contribution >= 0.6 is 15.9 Å². The van der Waals surface area contributed by atoms with Crippen molar-refractivity contribution in [1.82, 2.24) is 0 Å². The molecular weight excluding hydrogens is 398 g/mol. The largest absolute Gasteiger partial charge is 0.279 e. The molecule has 1 aliphatic rings. The van der Waals surface area contributed by atoms with Crippen LogP contribution in [0.25, 0.3) is 0 Å². The smallest absolute Gasteiger partial charge is 0.152 e. The Morgan fingerprint density at radius 3 is 2.52 bits per heavy atom. The molecule has 1 aliphatic heterocycles. The summed E-state index contributed by atoms with van der Waals surface area (Å²) in [5.41, 5.74) is 3.57. The summed E-state index contributed by atoms with van der Waals surface area (Å²) in [7, 11) is -2.87. The van der Waals surface area contributed by atoms with Crippen LogP contribution in [0.5, 0.6) is 0 Å². The number of benzene rings is 1. The lowest BCUT2D eigenvalue weighted by molar-refractivity contribution is 0.577. The van der Waals surface area contributed by atoms with Crippen molar-refractivity contribution in [2.75, 3.05) is 12.3 Å². The van der Waals surface area contributed by atoms with Crippen LogP contribution in [0.1, 0.15) is 57.1 Å². The molecule has 138 valence electrons. The Morgan fingerprint density at radius 1 is 1.12 bits per heavy atom. The van der Waals surface area contributed by atoms with Crippen LogP contribution in [0.3, 0.4) is 0 Å². The van der Waals surface area contributed by atoms with Gasteiger partial charge >= 0.3 is 0 Å². The van der Waals surface area contributed by atoms with Gasteiger partial charge in [0.1, 0.15) is 0 Å². The molecule has 0 saturated heterocycles. The van der Waals surface area contributed by atoms with Gasteiger partial charge in [-0.2, -0.15) is 0 Å². The standard InChI is InChI=1S/C20H28BrNO2S/c1-16(2)25(23,24)14-7-5-3-4-6-9-17-10-8-11-18(15-17)20-19(21)12-13-22-20/h8,10-12,15-16H,3-7,9,13-14H2,1-2H3. The third kappa shape index (κ3) is 6.37. The highest BCUT2D eigenvalue weighted by Gasteiger charge is 2.15. The monoisotopic (exact) mass is 425 g/mol. The molecule has 3 nitrogen and oxygen atoms in total. The quantitative estimate of drug-likeness (QED) is 0.490. The van der Waals surface area contributed by atoms with Crippen LogP contribution in [0.15, 0.2) is 39.8 Å². The van der Waals surface area contributed by atoms with Crippen LogP contribution in [0.4, 0.5) is 0 Å². The number of unbranched alkanes of at least 4 members (excludes halogenated alkanes) is 4. The lowest BCUT2D eigenvalue weighted by atomic mass is 10.0. The second-order valence-corrected chi connectivity index (χ2v) is 10.4.